The predicted octanol–water partition coefficient (Wildman–Crippen LogP) is 1.68. The van der Waals surface area contributed by atoms with Crippen LogP contribution >= 0.6 is 0 Å². The molecule has 0 aromatic heterocycles. The quantitative estimate of drug-likeness (QED) is 0.493. The molecule has 0 heterocycles. The second-order valence-electron chi connectivity index (χ2n) is 2.09. The molecule has 0 saturated carbocycles. The lowest BCUT2D eigenvalue weighted by atomic mass is 10.1. The van der Waals surface area contributed by atoms with E-state index in [2.05, 4.69) is 11.8 Å². The summed E-state index contributed by atoms with van der Waals surface area (Å²) in [6.45, 7) is 3.50. The summed E-state index contributed by atoms with van der Waals surface area (Å²) < 4.78 is 0. The van der Waals surface area contributed by atoms with Crippen molar-refractivity contribution in [2.24, 2.45) is 5.92 Å². The van der Waals surface area contributed by atoms with E-state index in [0.29, 0.717) is 6.42 Å². The maximum atomic E-state index is 10.5. The molecule has 0 rings (SSSR count). The van der Waals surface area contributed by atoms with E-state index in [1.54, 1.807) is 6.92 Å². The first kappa shape index (κ1) is 9.77. The van der Waals surface area contributed by atoms with Crippen LogP contribution in [-0.4, -0.2) is 11.1 Å². The molecular weight excluding hydrogens is 140 g/mol. The van der Waals surface area contributed by atoms with Gasteiger partial charge in [-0.1, -0.05) is 18.1 Å². The standard InChI is InChI=1S/C9H12O2/c1-3-5-7-8(6-4-2)9(10)11/h3,5,8H,7H2,1-2H3,(H,10,11). The van der Waals surface area contributed by atoms with Crippen LogP contribution in [0.15, 0.2) is 12.2 Å². The summed E-state index contributed by atoms with van der Waals surface area (Å²) in [4.78, 5) is 10.5. The van der Waals surface area contributed by atoms with Gasteiger partial charge in [-0.2, -0.15) is 0 Å². The second-order valence-corrected chi connectivity index (χ2v) is 2.09. The lowest BCUT2D eigenvalue weighted by molar-refractivity contribution is -0.139. The van der Waals surface area contributed by atoms with Crippen LogP contribution in [0.2, 0.25) is 0 Å². The number of carboxylic acid groups (broad SMARTS) is 1. The van der Waals surface area contributed by atoms with Crippen LogP contribution in [0.25, 0.3) is 0 Å². The molecule has 0 fully saturated rings. The van der Waals surface area contributed by atoms with Gasteiger partial charge >= 0.3 is 5.97 Å². The normalized spacial score (nSPS) is 12.2. The lowest BCUT2D eigenvalue weighted by Crippen LogP contribution is -2.10. The fraction of sp³-hybridized carbons (Fsp3) is 0.444. The lowest BCUT2D eigenvalue weighted by Gasteiger charge is -1.98. The van der Waals surface area contributed by atoms with Gasteiger partial charge in [-0.25, -0.2) is 0 Å². The van der Waals surface area contributed by atoms with E-state index >= 15 is 0 Å². The Morgan fingerprint density at radius 3 is 2.73 bits per heavy atom. The number of aliphatic carboxylic acids is 1. The molecule has 0 aliphatic carbocycles. The summed E-state index contributed by atoms with van der Waals surface area (Å²) in [5.41, 5.74) is 0. The Labute approximate surface area is 66.9 Å². The molecule has 2 heteroatoms. The monoisotopic (exact) mass is 152 g/mol. The van der Waals surface area contributed by atoms with Crippen molar-refractivity contribution in [3.8, 4) is 11.8 Å². The first-order chi connectivity index (χ1) is 5.22. The highest BCUT2D eigenvalue weighted by molar-refractivity contribution is 5.73. The van der Waals surface area contributed by atoms with Crippen LogP contribution in [0.4, 0.5) is 0 Å². The van der Waals surface area contributed by atoms with Crippen LogP contribution in [0.1, 0.15) is 20.3 Å². The summed E-state index contributed by atoms with van der Waals surface area (Å²) in [6.07, 6.45) is 4.13. The fourth-order valence-electron chi connectivity index (χ4n) is 0.668. The third kappa shape index (κ3) is 4.21. The van der Waals surface area contributed by atoms with Gasteiger partial charge in [-0.05, 0) is 20.3 Å². The van der Waals surface area contributed by atoms with Crippen molar-refractivity contribution in [3.05, 3.63) is 12.2 Å². The summed E-state index contributed by atoms with van der Waals surface area (Å²) in [7, 11) is 0. The highest BCUT2D eigenvalue weighted by Crippen LogP contribution is 2.02. The Kier molecular flexibility index (Phi) is 4.93. The maximum Gasteiger partial charge on any atom is 0.318 e. The summed E-state index contributed by atoms with van der Waals surface area (Å²) in [5, 5.41) is 8.59. The minimum absolute atomic E-state index is 0.493. The van der Waals surface area contributed by atoms with Gasteiger partial charge < -0.3 is 5.11 Å². The van der Waals surface area contributed by atoms with Gasteiger partial charge in [0.25, 0.3) is 0 Å². The summed E-state index contributed by atoms with van der Waals surface area (Å²) in [6, 6.07) is 0. The van der Waals surface area contributed by atoms with Crippen LogP contribution in [0, 0.1) is 17.8 Å². The van der Waals surface area contributed by atoms with E-state index in [1.165, 1.54) is 0 Å². The zero-order valence-electron chi connectivity index (χ0n) is 6.79. The largest absolute Gasteiger partial charge is 0.480 e. The van der Waals surface area contributed by atoms with Crippen LogP contribution < -0.4 is 0 Å². The molecule has 1 unspecified atom stereocenters. The highest BCUT2D eigenvalue weighted by Gasteiger charge is 2.10. The van der Waals surface area contributed by atoms with E-state index in [9.17, 15) is 4.79 Å². The van der Waals surface area contributed by atoms with Crippen molar-refractivity contribution in [2.75, 3.05) is 0 Å². The first-order valence-electron chi connectivity index (χ1n) is 3.48. The maximum absolute atomic E-state index is 10.5. The summed E-state index contributed by atoms with van der Waals surface area (Å²) in [5.74, 6) is 3.81. The Morgan fingerprint density at radius 1 is 1.73 bits per heavy atom. The third-order valence-electron chi connectivity index (χ3n) is 1.22. The zero-order valence-corrected chi connectivity index (χ0v) is 6.79. The molecule has 0 bridgehead atoms. The van der Waals surface area contributed by atoms with E-state index in [1.807, 2.05) is 19.1 Å². The highest BCUT2D eigenvalue weighted by atomic mass is 16.4. The second kappa shape index (κ2) is 5.55. The van der Waals surface area contributed by atoms with Gasteiger partial charge in [0.1, 0.15) is 5.92 Å². The number of allylic oxidation sites excluding steroid dienone is 2. The molecule has 0 aliphatic rings. The molecule has 0 radical (unpaired) electrons. The van der Waals surface area contributed by atoms with Crippen molar-refractivity contribution in [3.63, 3.8) is 0 Å². The Bertz CT molecular complexity index is 205. The Morgan fingerprint density at radius 2 is 2.36 bits per heavy atom. The number of rotatable bonds is 3. The average molecular weight is 152 g/mol. The van der Waals surface area contributed by atoms with Crippen molar-refractivity contribution in [1.29, 1.82) is 0 Å². The summed E-state index contributed by atoms with van der Waals surface area (Å²) >= 11 is 0. The number of carboxylic acids is 1. The van der Waals surface area contributed by atoms with Gasteiger partial charge in [0.15, 0.2) is 0 Å². The molecule has 0 amide bonds. The smallest absolute Gasteiger partial charge is 0.318 e. The molecule has 2 nitrogen and oxygen atoms in total. The Balaban J connectivity index is 4.07. The van der Waals surface area contributed by atoms with E-state index < -0.39 is 11.9 Å². The number of hydrogen-bond acceptors (Lipinski definition) is 1. The molecule has 0 aliphatic heterocycles. The molecule has 60 valence electrons. The zero-order chi connectivity index (χ0) is 8.69. The molecule has 0 spiro atoms. The van der Waals surface area contributed by atoms with Gasteiger partial charge in [0.2, 0.25) is 0 Å². The molecule has 11 heavy (non-hydrogen) atoms. The van der Waals surface area contributed by atoms with Crippen LogP contribution in [0.5, 0.6) is 0 Å². The van der Waals surface area contributed by atoms with Gasteiger partial charge in [0.05, 0.1) is 0 Å². The van der Waals surface area contributed by atoms with Crippen LogP contribution in [0.3, 0.4) is 0 Å². The Hall–Kier alpha value is -1.23. The third-order valence-corrected chi connectivity index (χ3v) is 1.22. The molecule has 0 aromatic rings. The van der Waals surface area contributed by atoms with Gasteiger partial charge in [-0.3, -0.25) is 4.79 Å². The number of carbonyl (C=O) groups is 1. The van der Waals surface area contributed by atoms with E-state index in [0.717, 1.165) is 0 Å². The van der Waals surface area contributed by atoms with Crippen molar-refractivity contribution < 1.29 is 9.90 Å². The van der Waals surface area contributed by atoms with Gasteiger partial charge in [0, 0.05) is 0 Å². The molecule has 0 saturated heterocycles. The molecular formula is C9H12O2. The SMILES string of the molecule is CC#CC(CC=CC)C(=O)O. The molecule has 0 aromatic carbocycles. The topological polar surface area (TPSA) is 37.3 Å². The average Bonchev–Trinajstić information content (AvgIpc) is 1.97. The van der Waals surface area contributed by atoms with Crippen molar-refractivity contribution in [2.45, 2.75) is 20.3 Å². The van der Waals surface area contributed by atoms with Crippen LogP contribution in [-0.2, 0) is 4.79 Å². The van der Waals surface area contributed by atoms with E-state index in [4.69, 9.17) is 5.11 Å². The minimum Gasteiger partial charge on any atom is -0.480 e. The van der Waals surface area contributed by atoms with E-state index in [-0.39, 0.29) is 0 Å². The van der Waals surface area contributed by atoms with Crippen molar-refractivity contribution in [1.82, 2.24) is 0 Å². The molecule has 1 N–H and O–H groups in total. The molecule has 1 atom stereocenters. The first-order valence-corrected chi connectivity index (χ1v) is 3.48. The minimum atomic E-state index is -0.850. The van der Waals surface area contributed by atoms with Gasteiger partial charge in [-0.15, -0.1) is 5.92 Å². The predicted molar refractivity (Wildman–Crippen MR) is 44.0 cm³/mol. The fourth-order valence-corrected chi connectivity index (χ4v) is 0.668. The number of hydrogen-bond donors (Lipinski definition) is 1. The van der Waals surface area contributed by atoms with Crippen molar-refractivity contribution >= 4 is 5.97 Å².